The number of ether oxygens (including phenoxy) is 3. The maximum absolute atomic E-state index is 14.5. The van der Waals surface area contributed by atoms with Crippen molar-refractivity contribution in [1.82, 2.24) is 0 Å². The van der Waals surface area contributed by atoms with E-state index in [1.54, 1.807) is 43.5 Å². The smallest absolute Gasteiger partial charge is 0.312 e. The number of aryl methyl sites for hydroxylation is 2. The van der Waals surface area contributed by atoms with Crippen LogP contribution in [-0.4, -0.2) is 36.5 Å². The van der Waals surface area contributed by atoms with Crippen molar-refractivity contribution in [2.45, 2.75) is 37.1 Å². The summed E-state index contributed by atoms with van der Waals surface area (Å²) in [5, 5.41) is 24.3. The number of hydrogen-bond acceptors (Lipinski definition) is 6. The second kappa shape index (κ2) is 8.07. The van der Waals surface area contributed by atoms with Crippen molar-refractivity contribution >= 4 is 5.97 Å². The number of methoxy groups -OCH3 is 2. The summed E-state index contributed by atoms with van der Waals surface area (Å²) in [7, 11) is 2.76. The van der Waals surface area contributed by atoms with Gasteiger partial charge in [0, 0.05) is 11.5 Å². The van der Waals surface area contributed by atoms with E-state index in [4.69, 9.17) is 14.2 Å². The molecule has 0 spiro atoms. The van der Waals surface area contributed by atoms with Crippen LogP contribution in [0.25, 0.3) is 0 Å². The first-order valence-electron chi connectivity index (χ1n) is 11.4. The van der Waals surface area contributed by atoms with Gasteiger partial charge < -0.3 is 24.4 Å². The molecule has 7 heteroatoms. The molecule has 5 rings (SSSR count). The van der Waals surface area contributed by atoms with Gasteiger partial charge in [-0.1, -0.05) is 30.3 Å². The van der Waals surface area contributed by atoms with Gasteiger partial charge in [-0.2, -0.15) is 0 Å². The number of aliphatic hydroxyl groups is 2. The Kier molecular flexibility index (Phi) is 5.38. The second-order valence-electron chi connectivity index (χ2n) is 9.31. The van der Waals surface area contributed by atoms with Gasteiger partial charge in [-0.15, -0.1) is 0 Å². The topological polar surface area (TPSA) is 85.2 Å². The van der Waals surface area contributed by atoms with E-state index in [0.29, 0.717) is 33.8 Å². The van der Waals surface area contributed by atoms with Crippen LogP contribution < -0.4 is 9.47 Å². The van der Waals surface area contributed by atoms with Crippen molar-refractivity contribution in [3.8, 4) is 11.5 Å². The van der Waals surface area contributed by atoms with E-state index in [1.807, 2.05) is 19.9 Å². The maximum atomic E-state index is 14.5. The van der Waals surface area contributed by atoms with Crippen molar-refractivity contribution in [2.24, 2.45) is 5.92 Å². The third-order valence-corrected chi connectivity index (χ3v) is 7.43. The number of hydrogen-bond donors (Lipinski definition) is 2. The van der Waals surface area contributed by atoms with Crippen molar-refractivity contribution in [3.05, 3.63) is 94.3 Å². The molecule has 35 heavy (non-hydrogen) atoms. The Bertz CT molecular complexity index is 1310. The van der Waals surface area contributed by atoms with Crippen molar-refractivity contribution in [3.63, 3.8) is 0 Å². The van der Waals surface area contributed by atoms with E-state index in [9.17, 15) is 19.4 Å². The minimum atomic E-state index is -2.04. The molecule has 0 bridgehead atoms. The molecule has 0 unspecified atom stereocenters. The monoisotopic (exact) mass is 478 g/mol. The van der Waals surface area contributed by atoms with Gasteiger partial charge in [0.05, 0.1) is 20.1 Å². The van der Waals surface area contributed by atoms with Gasteiger partial charge >= 0.3 is 5.97 Å². The molecular formula is C28H27FO6. The highest BCUT2D eigenvalue weighted by molar-refractivity contribution is 5.78. The van der Waals surface area contributed by atoms with Crippen LogP contribution >= 0.6 is 0 Å². The van der Waals surface area contributed by atoms with Crippen molar-refractivity contribution in [2.75, 3.05) is 14.2 Å². The molecular weight excluding hydrogens is 451 g/mol. The first kappa shape index (κ1) is 23.3. The van der Waals surface area contributed by atoms with Gasteiger partial charge in [0.25, 0.3) is 0 Å². The number of fused-ring (bicyclic) bond motifs is 3. The highest BCUT2D eigenvalue weighted by Gasteiger charge is 2.77. The van der Waals surface area contributed by atoms with E-state index in [1.165, 1.54) is 25.3 Å². The lowest BCUT2D eigenvalue weighted by Gasteiger charge is -2.41. The standard InChI is InChI=1S/C28H27FO6/c1-15-12-16(2)23-21(13-15)35-28(18-8-10-20(33-3)11-9-18)24(17-6-5-7-19(29)14-17)22(26(31)34-4)25(30)27(23,28)32/h5-14,22,24-25,30,32H,1-4H3/t22-,24-,25-,27+,28+/m1/s1. The Morgan fingerprint density at radius 2 is 1.77 bits per heavy atom. The quantitative estimate of drug-likeness (QED) is 0.554. The molecule has 1 fully saturated rings. The molecule has 1 aliphatic heterocycles. The second-order valence-corrected chi connectivity index (χ2v) is 9.31. The number of benzene rings is 3. The fourth-order valence-electron chi connectivity index (χ4n) is 6.14. The molecule has 182 valence electrons. The minimum Gasteiger partial charge on any atom is -0.497 e. The van der Waals surface area contributed by atoms with Crippen LogP contribution in [0.4, 0.5) is 4.39 Å². The number of carbonyl (C=O) groups excluding carboxylic acids is 1. The summed E-state index contributed by atoms with van der Waals surface area (Å²) in [4.78, 5) is 13.1. The van der Waals surface area contributed by atoms with Gasteiger partial charge in [0.15, 0.2) is 11.2 Å². The molecule has 5 atom stereocenters. The van der Waals surface area contributed by atoms with Crippen LogP contribution in [0.5, 0.6) is 11.5 Å². The zero-order chi connectivity index (χ0) is 25.1. The number of halogens is 1. The van der Waals surface area contributed by atoms with Crippen LogP contribution in [0.3, 0.4) is 0 Å². The first-order chi connectivity index (χ1) is 16.7. The average molecular weight is 479 g/mol. The van der Waals surface area contributed by atoms with Gasteiger partial charge in [-0.25, -0.2) is 4.39 Å². The third-order valence-electron chi connectivity index (χ3n) is 7.43. The average Bonchev–Trinajstić information content (AvgIpc) is 3.21. The van der Waals surface area contributed by atoms with Gasteiger partial charge in [0.1, 0.15) is 23.4 Å². The summed E-state index contributed by atoms with van der Waals surface area (Å²) in [6, 6.07) is 16.4. The summed E-state index contributed by atoms with van der Waals surface area (Å²) in [6.07, 6.45) is -1.60. The third kappa shape index (κ3) is 3.04. The molecule has 0 aromatic heterocycles. The predicted molar refractivity (Wildman–Crippen MR) is 126 cm³/mol. The summed E-state index contributed by atoms with van der Waals surface area (Å²) in [5.41, 5.74) is -0.769. The number of carbonyl (C=O) groups is 1. The molecule has 0 radical (unpaired) electrons. The van der Waals surface area contributed by atoms with Gasteiger partial charge in [0.2, 0.25) is 0 Å². The van der Waals surface area contributed by atoms with Crippen molar-refractivity contribution in [1.29, 1.82) is 0 Å². The van der Waals surface area contributed by atoms with E-state index in [0.717, 1.165) is 5.56 Å². The van der Waals surface area contributed by atoms with E-state index in [2.05, 4.69) is 0 Å². The summed E-state index contributed by atoms with van der Waals surface area (Å²) < 4.78 is 31.5. The lowest BCUT2D eigenvalue weighted by Crippen LogP contribution is -2.52. The molecule has 0 amide bonds. The highest BCUT2D eigenvalue weighted by atomic mass is 19.1. The molecule has 0 saturated heterocycles. The van der Waals surface area contributed by atoms with Crippen LogP contribution in [0.15, 0.2) is 60.7 Å². The molecule has 1 heterocycles. The van der Waals surface area contributed by atoms with Gasteiger partial charge in [-0.3, -0.25) is 4.79 Å². The summed E-state index contributed by atoms with van der Waals surface area (Å²) in [6.45, 7) is 3.74. The highest BCUT2D eigenvalue weighted by Crippen LogP contribution is 2.69. The van der Waals surface area contributed by atoms with Crippen LogP contribution in [0, 0.1) is 25.6 Å². The SMILES string of the molecule is COC(=O)[C@H]1[C@@H](O)[C@@]2(O)c3c(C)cc(C)cc3O[C@@]2(c2ccc(OC)cc2)[C@@H]1c1cccc(F)c1. The zero-order valence-electron chi connectivity index (χ0n) is 19.9. The van der Waals surface area contributed by atoms with Crippen LogP contribution in [0.1, 0.15) is 33.7 Å². The Morgan fingerprint density at radius 1 is 1.06 bits per heavy atom. The Balaban J connectivity index is 1.88. The number of esters is 1. The minimum absolute atomic E-state index is 0.397. The van der Waals surface area contributed by atoms with E-state index in [-0.39, 0.29) is 0 Å². The summed E-state index contributed by atoms with van der Waals surface area (Å²) >= 11 is 0. The summed E-state index contributed by atoms with van der Waals surface area (Å²) in [5.74, 6) is -2.46. The Morgan fingerprint density at radius 3 is 2.40 bits per heavy atom. The molecule has 1 aliphatic carbocycles. The van der Waals surface area contributed by atoms with Crippen molar-refractivity contribution < 1.29 is 33.6 Å². The maximum Gasteiger partial charge on any atom is 0.312 e. The van der Waals surface area contributed by atoms with Crippen LogP contribution in [-0.2, 0) is 20.7 Å². The molecule has 6 nitrogen and oxygen atoms in total. The molecule has 2 N–H and O–H groups in total. The zero-order valence-corrected chi connectivity index (χ0v) is 19.9. The number of rotatable bonds is 4. The lowest BCUT2D eigenvalue weighted by atomic mass is 9.70. The largest absolute Gasteiger partial charge is 0.497 e. The fraction of sp³-hybridized carbons (Fsp3) is 0.321. The normalized spacial score (nSPS) is 28.7. The Labute approximate surface area is 202 Å². The predicted octanol–water partition coefficient (Wildman–Crippen LogP) is 3.87. The van der Waals surface area contributed by atoms with Gasteiger partial charge in [-0.05, 0) is 66.4 Å². The Hall–Kier alpha value is -3.42. The number of aliphatic hydroxyl groups excluding tert-OH is 1. The molecule has 3 aromatic rings. The van der Waals surface area contributed by atoms with E-state index < -0.39 is 40.9 Å². The first-order valence-corrected chi connectivity index (χ1v) is 11.4. The molecule has 2 aliphatic rings. The van der Waals surface area contributed by atoms with E-state index >= 15 is 0 Å². The van der Waals surface area contributed by atoms with Crippen LogP contribution in [0.2, 0.25) is 0 Å². The fourth-order valence-corrected chi connectivity index (χ4v) is 6.14. The molecule has 1 saturated carbocycles. The molecule has 3 aromatic carbocycles. The lowest BCUT2D eigenvalue weighted by molar-refractivity contribution is -0.161.